The Morgan fingerprint density at radius 1 is 1.42 bits per heavy atom. The van der Waals surface area contributed by atoms with E-state index in [0.717, 1.165) is 12.1 Å². The van der Waals surface area contributed by atoms with Gasteiger partial charge in [0, 0.05) is 12.1 Å². The second-order valence-corrected chi connectivity index (χ2v) is 4.23. The average Bonchev–Trinajstić information content (AvgIpc) is 2.31. The van der Waals surface area contributed by atoms with Crippen LogP contribution in [0, 0.1) is 6.92 Å². The van der Waals surface area contributed by atoms with E-state index in [0.29, 0.717) is 16.5 Å². The van der Waals surface area contributed by atoms with Gasteiger partial charge in [-0.3, -0.25) is 14.6 Å². The topological polar surface area (TPSA) is 95.1 Å². The molecule has 19 heavy (non-hydrogen) atoms. The summed E-state index contributed by atoms with van der Waals surface area (Å²) in [4.78, 5) is 29.2. The number of H-pyrrole nitrogens is 1. The Labute approximate surface area is 113 Å². The fraction of sp³-hybridized carbons (Fsp3) is 0.0833. The molecule has 2 rings (SSSR count). The van der Waals surface area contributed by atoms with Crippen LogP contribution < -0.4 is 10.9 Å². The van der Waals surface area contributed by atoms with Gasteiger partial charge in [0.25, 0.3) is 11.5 Å². The first kappa shape index (κ1) is 13.1. The van der Waals surface area contributed by atoms with E-state index in [9.17, 15) is 14.7 Å². The molecule has 0 unspecified atom stereocenters. The molecule has 0 aromatic carbocycles. The van der Waals surface area contributed by atoms with Crippen molar-refractivity contribution in [2.45, 2.75) is 6.92 Å². The molecule has 1 amide bonds. The Balaban J connectivity index is 2.28. The van der Waals surface area contributed by atoms with E-state index < -0.39 is 11.5 Å². The second-order valence-electron chi connectivity index (χ2n) is 3.84. The molecule has 0 aliphatic heterocycles. The molecule has 2 aromatic heterocycles. The molecule has 6 nitrogen and oxygen atoms in total. The Morgan fingerprint density at radius 2 is 2.16 bits per heavy atom. The van der Waals surface area contributed by atoms with E-state index in [1.54, 1.807) is 19.1 Å². The number of aromatic hydroxyl groups is 1. The first-order chi connectivity index (χ1) is 8.95. The summed E-state index contributed by atoms with van der Waals surface area (Å²) in [7, 11) is 0. The molecule has 3 N–H and O–H groups in total. The van der Waals surface area contributed by atoms with Crippen LogP contribution in [-0.2, 0) is 0 Å². The molecule has 0 aliphatic rings. The van der Waals surface area contributed by atoms with Crippen LogP contribution in [0.5, 0.6) is 5.88 Å². The lowest BCUT2D eigenvalue weighted by Crippen LogP contribution is -2.16. The minimum atomic E-state index is -0.559. The largest absolute Gasteiger partial charge is 0.494 e. The Hall–Kier alpha value is -2.34. The number of anilines is 1. The van der Waals surface area contributed by atoms with Crippen LogP contribution in [0.2, 0.25) is 5.15 Å². The molecular weight excluding hydrogens is 270 g/mol. The molecule has 0 spiro atoms. The summed E-state index contributed by atoms with van der Waals surface area (Å²) in [6, 6.07) is 5.40. The number of nitrogens with one attached hydrogen (secondary N) is 2. The number of amides is 1. The minimum Gasteiger partial charge on any atom is -0.494 e. The summed E-state index contributed by atoms with van der Waals surface area (Å²) in [5, 5.41) is 12.1. The lowest BCUT2D eigenvalue weighted by atomic mass is 10.2. The van der Waals surface area contributed by atoms with Gasteiger partial charge in [-0.15, -0.1) is 0 Å². The van der Waals surface area contributed by atoms with Crippen LogP contribution in [0.25, 0.3) is 0 Å². The number of hydrogen-bond acceptors (Lipinski definition) is 4. The van der Waals surface area contributed by atoms with Crippen molar-refractivity contribution < 1.29 is 9.90 Å². The highest BCUT2D eigenvalue weighted by atomic mass is 35.5. The van der Waals surface area contributed by atoms with Gasteiger partial charge in [0.1, 0.15) is 5.15 Å². The molecule has 2 aromatic rings. The van der Waals surface area contributed by atoms with Gasteiger partial charge in [0.15, 0.2) is 5.88 Å². The van der Waals surface area contributed by atoms with Crippen molar-refractivity contribution in [1.82, 2.24) is 9.97 Å². The molecule has 0 atom stereocenters. The summed E-state index contributed by atoms with van der Waals surface area (Å²) in [6.45, 7) is 1.69. The van der Waals surface area contributed by atoms with E-state index in [1.807, 2.05) is 0 Å². The quantitative estimate of drug-likeness (QED) is 0.729. The van der Waals surface area contributed by atoms with Gasteiger partial charge < -0.3 is 10.4 Å². The van der Waals surface area contributed by atoms with Crippen molar-refractivity contribution in [3.05, 3.63) is 51.0 Å². The first-order valence-electron chi connectivity index (χ1n) is 5.33. The lowest BCUT2D eigenvalue weighted by molar-refractivity contribution is 0.102. The van der Waals surface area contributed by atoms with Crippen LogP contribution in [0.1, 0.15) is 16.1 Å². The van der Waals surface area contributed by atoms with Crippen molar-refractivity contribution in [2.75, 3.05) is 5.32 Å². The van der Waals surface area contributed by atoms with Gasteiger partial charge in [-0.25, -0.2) is 4.98 Å². The third-order valence-corrected chi connectivity index (χ3v) is 2.60. The maximum absolute atomic E-state index is 11.9. The number of aromatic amines is 1. The van der Waals surface area contributed by atoms with Gasteiger partial charge in [0.2, 0.25) is 0 Å². The Bertz CT molecular complexity index is 697. The monoisotopic (exact) mass is 279 g/mol. The molecule has 0 saturated carbocycles. The molecule has 0 aliphatic carbocycles. The highest BCUT2D eigenvalue weighted by molar-refractivity contribution is 6.29. The highest BCUT2D eigenvalue weighted by Crippen LogP contribution is 2.17. The predicted octanol–water partition coefficient (Wildman–Crippen LogP) is 1.69. The third-order valence-electron chi connectivity index (χ3n) is 2.39. The summed E-state index contributed by atoms with van der Waals surface area (Å²) in [5.41, 5.74) is 0.524. The summed E-state index contributed by atoms with van der Waals surface area (Å²) >= 11 is 5.71. The van der Waals surface area contributed by atoms with Gasteiger partial charge in [0.05, 0.1) is 16.9 Å². The molecule has 0 fully saturated rings. The van der Waals surface area contributed by atoms with Crippen LogP contribution >= 0.6 is 11.6 Å². The van der Waals surface area contributed by atoms with Crippen molar-refractivity contribution in [3.63, 3.8) is 0 Å². The fourth-order valence-electron chi connectivity index (χ4n) is 1.52. The zero-order valence-electron chi connectivity index (χ0n) is 9.90. The molecular formula is C12H10ClN3O3. The van der Waals surface area contributed by atoms with Crippen molar-refractivity contribution in [3.8, 4) is 5.88 Å². The SMILES string of the molecule is Cc1nc(Cl)ccc1NC(=O)c1cc(O)[nH]c(=O)c1. The van der Waals surface area contributed by atoms with Crippen molar-refractivity contribution in [1.29, 1.82) is 0 Å². The number of pyridine rings is 2. The number of rotatable bonds is 2. The molecule has 0 saturated heterocycles. The molecule has 0 bridgehead atoms. The van der Waals surface area contributed by atoms with E-state index in [4.69, 9.17) is 11.6 Å². The number of nitrogens with zero attached hydrogens (tertiary/aromatic N) is 1. The van der Waals surface area contributed by atoms with Gasteiger partial charge in [-0.2, -0.15) is 0 Å². The number of aromatic nitrogens is 2. The van der Waals surface area contributed by atoms with E-state index >= 15 is 0 Å². The molecule has 0 radical (unpaired) electrons. The fourth-order valence-corrected chi connectivity index (χ4v) is 1.71. The predicted molar refractivity (Wildman–Crippen MR) is 70.7 cm³/mol. The zero-order valence-corrected chi connectivity index (χ0v) is 10.7. The van der Waals surface area contributed by atoms with Gasteiger partial charge in [-0.1, -0.05) is 11.6 Å². The summed E-state index contributed by atoms with van der Waals surface area (Å²) < 4.78 is 0. The highest BCUT2D eigenvalue weighted by Gasteiger charge is 2.10. The number of carbonyl (C=O) groups excluding carboxylic acids is 1. The van der Waals surface area contributed by atoms with E-state index in [1.165, 1.54) is 0 Å². The zero-order chi connectivity index (χ0) is 14.0. The maximum Gasteiger partial charge on any atom is 0.256 e. The molecule has 98 valence electrons. The van der Waals surface area contributed by atoms with Gasteiger partial charge in [-0.05, 0) is 19.1 Å². The third kappa shape index (κ3) is 3.11. The summed E-state index contributed by atoms with van der Waals surface area (Å²) in [5.74, 6) is -0.891. The van der Waals surface area contributed by atoms with Crippen LogP contribution in [0.4, 0.5) is 5.69 Å². The van der Waals surface area contributed by atoms with Crippen molar-refractivity contribution >= 4 is 23.2 Å². The number of aryl methyl sites for hydroxylation is 1. The standard InChI is InChI=1S/C12H10ClN3O3/c1-6-8(2-3-9(13)14-6)15-12(19)7-4-10(17)16-11(18)5-7/h2-5H,1H3,(H,15,19)(H2,16,17,18). The Morgan fingerprint density at radius 3 is 2.79 bits per heavy atom. The minimum absolute atomic E-state index is 0.0515. The molecule has 2 heterocycles. The number of carbonyl (C=O) groups is 1. The van der Waals surface area contributed by atoms with E-state index in [-0.39, 0.29) is 11.4 Å². The molecule has 7 heteroatoms. The van der Waals surface area contributed by atoms with Gasteiger partial charge >= 0.3 is 0 Å². The number of halogens is 1. The lowest BCUT2D eigenvalue weighted by Gasteiger charge is -2.07. The average molecular weight is 280 g/mol. The first-order valence-corrected chi connectivity index (χ1v) is 5.71. The maximum atomic E-state index is 11.9. The van der Waals surface area contributed by atoms with Crippen LogP contribution in [0.3, 0.4) is 0 Å². The van der Waals surface area contributed by atoms with Crippen LogP contribution in [-0.4, -0.2) is 21.0 Å². The second kappa shape index (κ2) is 5.11. The number of hydrogen-bond donors (Lipinski definition) is 3. The smallest absolute Gasteiger partial charge is 0.256 e. The Kier molecular flexibility index (Phi) is 3.52. The van der Waals surface area contributed by atoms with E-state index in [2.05, 4.69) is 15.3 Å². The normalized spacial score (nSPS) is 10.2. The van der Waals surface area contributed by atoms with Crippen molar-refractivity contribution in [2.24, 2.45) is 0 Å². The van der Waals surface area contributed by atoms with Crippen LogP contribution in [0.15, 0.2) is 29.1 Å². The summed E-state index contributed by atoms with van der Waals surface area (Å²) in [6.07, 6.45) is 0.